The molecule has 0 aliphatic carbocycles. The molecule has 1 aliphatic rings. The number of aryl methyl sites for hydroxylation is 2. The fraction of sp³-hybridized carbons (Fsp3) is 0.600. The first kappa shape index (κ1) is 23.3. The summed E-state index contributed by atoms with van der Waals surface area (Å²) < 4.78 is 27.3. The van der Waals surface area contributed by atoms with Crippen LogP contribution in [0.1, 0.15) is 24.5 Å². The molecule has 0 spiro atoms. The number of piperazine rings is 1. The molecule has 2 N–H and O–H groups in total. The predicted octanol–water partition coefficient (Wildman–Crippen LogP) is -0.823. The number of nitrogens with zero attached hydrogens (tertiary/aromatic N) is 2. The Balaban J connectivity index is 1.87. The second-order valence-electron chi connectivity index (χ2n) is 7.68. The molecule has 2 rings (SSSR count). The van der Waals surface area contributed by atoms with Crippen LogP contribution < -0.4 is 10.2 Å². The van der Waals surface area contributed by atoms with Gasteiger partial charge in [-0.2, -0.15) is 4.31 Å². The molecule has 2 amide bonds. The Morgan fingerprint density at radius 2 is 1.83 bits per heavy atom. The first-order chi connectivity index (χ1) is 13.6. The van der Waals surface area contributed by atoms with Crippen LogP contribution in [0.15, 0.2) is 23.1 Å². The van der Waals surface area contributed by atoms with E-state index in [0.29, 0.717) is 37.6 Å². The fourth-order valence-corrected chi connectivity index (χ4v) is 4.74. The van der Waals surface area contributed by atoms with Crippen molar-refractivity contribution in [2.24, 2.45) is 0 Å². The number of hydrogen-bond acceptors (Lipinski definition) is 4. The van der Waals surface area contributed by atoms with Crippen molar-refractivity contribution in [2.75, 3.05) is 52.9 Å². The molecule has 8 nitrogen and oxygen atoms in total. The molecular weight excluding hydrogens is 392 g/mol. The molecule has 1 saturated heterocycles. The Morgan fingerprint density at radius 3 is 2.41 bits per heavy atom. The number of benzene rings is 1. The average Bonchev–Trinajstić information content (AvgIpc) is 2.68. The molecule has 0 saturated carbocycles. The van der Waals surface area contributed by atoms with Crippen molar-refractivity contribution in [1.82, 2.24) is 14.5 Å². The van der Waals surface area contributed by atoms with Gasteiger partial charge in [0.2, 0.25) is 15.9 Å². The van der Waals surface area contributed by atoms with Gasteiger partial charge in [-0.15, -0.1) is 0 Å². The van der Waals surface area contributed by atoms with Crippen LogP contribution in [-0.2, 0) is 19.6 Å². The quantitative estimate of drug-likeness (QED) is 0.569. The van der Waals surface area contributed by atoms with E-state index in [1.807, 2.05) is 26.8 Å². The Labute approximate surface area is 173 Å². The van der Waals surface area contributed by atoms with Crippen LogP contribution in [0, 0.1) is 13.8 Å². The number of carbonyl (C=O) groups is 2. The number of rotatable bonds is 8. The second-order valence-corrected chi connectivity index (χ2v) is 9.61. The summed E-state index contributed by atoms with van der Waals surface area (Å²) in [6.07, 6.45) is 0.850. The minimum atomic E-state index is -3.52. The lowest BCUT2D eigenvalue weighted by Gasteiger charge is -2.32. The van der Waals surface area contributed by atoms with Crippen LogP contribution >= 0.6 is 0 Å². The van der Waals surface area contributed by atoms with Crippen molar-refractivity contribution in [3.05, 3.63) is 29.3 Å². The van der Waals surface area contributed by atoms with Crippen molar-refractivity contribution in [2.45, 2.75) is 32.1 Å². The van der Waals surface area contributed by atoms with E-state index in [0.717, 1.165) is 22.4 Å². The maximum absolute atomic E-state index is 12.9. The zero-order valence-electron chi connectivity index (χ0n) is 17.8. The Hall–Kier alpha value is -1.97. The summed E-state index contributed by atoms with van der Waals surface area (Å²) in [6, 6.07) is 5.19. The van der Waals surface area contributed by atoms with Crippen molar-refractivity contribution in [1.29, 1.82) is 0 Å². The Bertz CT molecular complexity index is 833. The molecule has 0 unspecified atom stereocenters. The first-order valence-corrected chi connectivity index (χ1v) is 11.5. The van der Waals surface area contributed by atoms with E-state index in [-0.39, 0.29) is 24.9 Å². The van der Waals surface area contributed by atoms with E-state index in [1.54, 1.807) is 19.2 Å². The average molecular weight is 426 g/mol. The van der Waals surface area contributed by atoms with Gasteiger partial charge in [0, 0.05) is 13.6 Å². The summed E-state index contributed by atoms with van der Waals surface area (Å²) in [5.41, 5.74) is 2.01. The van der Waals surface area contributed by atoms with Crippen LogP contribution in [-0.4, -0.2) is 82.3 Å². The van der Waals surface area contributed by atoms with Crippen LogP contribution in [0.5, 0.6) is 0 Å². The topological polar surface area (TPSA) is 91.2 Å². The van der Waals surface area contributed by atoms with Crippen molar-refractivity contribution in [3.63, 3.8) is 0 Å². The molecule has 29 heavy (non-hydrogen) atoms. The lowest BCUT2D eigenvalue weighted by molar-refractivity contribution is -0.895. The molecule has 1 fully saturated rings. The molecule has 9 heteroatoms. The molecule has 0 aromatic heterocycles. The first-order valence-electron chi connectivity index (χ1n) is 10.1. The summed E-state index contributed by atoms with van der Waals surface area (Å²) in [5.74, 6) is -0.279. The molecule has 1 aromatic carbocycles. The van der Waals surface area contributed by atoms with Gasteiger partial charge in [0.15, 0.2) is 6.54 Å². The minimum Gasteiger partial charge on any atom is -0.355 e. The van der Waals surface area contributed by atoms with Gasteiger partial charge in [-0.25, -0.2) is 8.42 Å². The second kappa shape index (κ2) is 10.2. The maximum atomic E-state index is 12.9. The summed E-state index contributed by atoms with van der Waals surface area (Å²) in [5, 5.41) is 2.75. The van der Waals surface area contributed by atoms with Gasteiger partial charge < -0.3 is 15.1 Å². The largest absolute Gasteiger partial charge is 0.355 e. The number of amides is 2. The van der Waals surface area contributed by atoms with Gasteiger partial charge in [-0.1, -0.05) is 13.0 Å². The smallest absolute Gasteiger partial charge is 0.277 e. The zero-order valence-corrected chi connectivity index (χ0v) is 18.6. The highest BCUT2D eigenvalue weighted by Crippen LogP contribution is 2.19. The van der Waals surface area contributed by atoms with Gasteiger partial charge in [0.25, 0.3) is 5.91 Å². The lowest BCUT2D eigenvalue weighted by atomic mass is 10.1. The van der Waals surface area contributed by atoms with Crippen molar-refractivity contribution >= 4 is 21.8 Å². The number of nitrogens with one attached hydrogen (secondary N) is 2. The van der Waals surface area contributed by atoms with Crippen LogP contribution in [0.4, 0.5) is 0 Å². The SMILES string of the molecule is CCCNC(=O)CN(C)C(=O)C[NH+]1CCN(S(=O)(=O)c2ccc(C)c(C)c2)CC1. The summed E-state index contributed by atoms with van der Waals surface area (Å²) in [7, 11) is -1.90. The molecule has 0 bridgehead atoms. The summed E-state index contributed by atoms with van der Waals surface area (Å²) >= 11 is 0. The van der Waals surface area contributed by atoms with E-state index in [9.17, 15) is 18.0 Å². The number of quaternary nitrogens is 1. The number of likely N-dealkylation sites (N-methyl/N-ethyl adjacent to an activating group) is 1. The highest BCUT2D eigenvalue weighted by atomic mass is 32.2. The third kappa shape index (κ3) is 6.25. The van der Waals surface area contributed by atoms with Crippen molar-refractivity contribution < 1.29 is 22.9 Å². The van der Waals surface area contributed by atoms with Crippen LogP contribution in [0.2, 0.25) is 0 Å². The predicted molar refractivity (Wildman–Crippen MR) is 111 cm³/mol. The molecule has 0 atom stereocenters. The summed E-state index contributed by atoms with van der Waals surface area (Å²) in [4.78, 5) is 26.9. The molecule has 1 aromatic rings. The third-order valence-corrected chi connectivity index (χ3v) is 7.22. The standard InChI is InChI=1S/C20H32N4O4S/c1-5-8-21-19(25)14-22(4)20(26)15-23-9-11-24(12-10-23)29(27,28)18-7-6-16(2)17(3)13-18/h6-7,13H,5,8-12,14-15H2,1-4H3,(H,21,25)/p+1. The summed E-state index contributed by atoms with van der Waals surface area (Å²) in [6.45, 7) is 8.60. The number of hydrogen-bond donors (Lipinski definition) is 2. The normalized spacial score (nSPS) is 15.9. The maximum Gasteiger partial charge on any atom is 0.277 e. The van der Waals surface area contributed by atoms with Crippen molar-refractivity contribution in [3.8, 4) is 0 Å². The number of sulfonamides is 1. The molecule has 1 aliphatic heterocycles. The highest BCUT2D eigenvalue weighted by Gasteiger charge is 2.31. The Morgan fingerprint density at radius 1 is 1.17 bits per heavy atom. The van der Waals surface area contributed by atoms with E-state index in [1.165, 1.54) is 9.21 Å². The third-order valence-electron chi connectivity index (χ3n) is 5.33. The molecule has 1 heterocycles. The molecular formula is C20H33N4O4S+. The Kier molecular flexibility index (Phi) is 8.18. The molecule has 0 radical (unpaired) electrons. The van der Waals surface area contributed by atoms with E-state index >= 15 is 0 Å². The lowest BCUT2D eigenvalue weighted by Crippen LogP contribution is -3.15. The van der Waals surface area contributed by atoms with Crippen LogP contribution in [0.3, 0.4) is 0 Å². The van der Waals surface area contributed by atoms with Gasteiger partial charge in [-0.05, 0) is 43.5 Å². The molecule has 162 valence electrons. The van der Waals surface area contributed by atoms with E-state index < -0.39 is 10.0 Å². The van der Waals surface area contributed by atoms with E-state index in [4.69, 9.17) is 0 Å². The highest BCUT2D eigenvalue weighted by molar-refractivity contribution is 7.89. The minimum absolute atomic E-state index is 0.0411. The van der Waals surface area contributed by atoms with Gasteiger partial charge in [-0.3, -0.25) is 9.59 Å². The van der Waals surface area contributed by atoms with Crippen LogP contribution in [0.25, 0.3) is 0 Å². The van der Waals surface area contributed by atoms with Gasteiger partial charge >= 0.3 is 0 Å². The van der Waals surface area contributed by atoms with Gasteiger partial charge in [0.1, 0.15) is 0 Å². The van der Waals surface area contributed by atoms with E-state index in [2.05, 4.69) is 5.32 Å². The number of carbonyl (C=O) groups excluding carboxylic acids is 2. The monoisotopic (exact) mass is 425 g/mol. The zero-order chi connectivity index (χ0) is 21.6. The van der Waals surface area contributed by atoms with Gasteiger partial charge in [0.05, 0.1) is 37.6 Å². The fourth-order valence-electron chi connectivity index (χ4n) is 3.22.